The minimum Gasteiger partial charge on any atom is -0.374 e. The molecule has 2 aliphatic rings. The number of amides is 1. The molecule has 2 atom stereocenters. The monoisotopic (exact) mass is 215 g/mol. The third-order valence-electron chi connectivity index (χ3n) is 3.13. The number of thiol groups is 1. The maximum Gasteiger partial charge on any atom is 0.223 e. The van der Waals surface area contributed by atoms with Gasteiger partial charge in [0.25, 0.3) is 0 Å². The van der Waals surface area contributed by atoms with Crippen molar-refractivity contribution in [1.82, 2.24) is 4.90 Å². The van der Waals surface area contributed by atoms with Gasteiger partial charge in [0.1, 0.15) is 0 Å². The van der Waals surface area contributed by atoms with Crippen molar-refractivity contribution in [2.24, 2.45) is 0 Å². The molecular formula is C10H17NO2S. The van der Waals surface area contributed by atoms with Gasteiger partial charge in [-0.15, -0.1) is 0 Å². The van der Waals surface area contributed by atoms with Crippen LogP contribution in [0, 0.1) is 0 Å². The van der Waals surface area contributed by atoms with Crippen molar-refractivity contribution in [3.8, 4) is 0 Å². The molecule has 14 heavy (non-hydrogen) atoms. The van der Waals surface area contributed by atoms with Crippen LogP contribution in [0.2, 0.25) is 0 Å². The van der Waals surface area contributed by atoms with Crippen LogP contribution in [0.25, 0.3) is 0 Å². The molecular weight excluding hydrogens is 198 g/mol. The van der Waals surface area contributed by atoms with E-state index in [-0.39, 0.29) is 5.91 Å². The Hall–Kier alpha value is -0.220. The van der Waals surface area contributed by atoms with Crippen molar-refractivity contribution in [1.29, 1.82) is 0 Å². The highest BCUT2D eigenvalue weighted by Gasteiger charge is 2.37. The molecule has 0 bridgehead atoms. The molecule has 1 heterocycles. The zero-order valence-electron chi connectivity index (χ0n) is 8.32. The molecule has 0 spiro atoms. The highest BCUT2D eigenvalue weighted by molar-refractivity contribution is 7.80. The number of nitrogens with zero attached hydrogens (tertiary/aromatic N) is 1. The number of rotatable bonds is 2. The lowest BCUT2D eigenvalue weighted by Crippen LogP contribution is -2.51. The Labute approximate surface area is 90.2 Å². The highest BCUT2D eigenvalue weighted by atomic mass is 32.1. The number of fused-ring (bicyclic) bond motifs is 1. The molecule has 1 aliphatic carbocycles. The van der Waals surface area contributed by atoms with Crippen LogP contribution in [-0.2, 0) is 9.53 Å². The normalized spacial score (nSPS) is 31.6. The number of carbonyl (C=O) groups is 1. The van der Waals surface area contributed by atoms with Crippen LogP contribution in [0.4, 0.5) is 0 Å². The van der Waals surface area contributed by atoms with Crippen LogP contribution < -0.4 is 0 Å². The molecule has 1 saturated heterocycles. The zero-order valence-corrected chi connectivity index (χ0v) is 9.21. The van der Waals surface area contributed by atoms with Gasteiger partial charge in [-0.2, -0.15) is 12.6 Å². The Morgan fingerprint density at radius 3 is 3.14 bits per heavy atom. The summed E-state index contributed by atoms with van der Waals surface area (Å²) >= 11 is 4.10. The van der Waals surface area contributed by atoms with E-state index in [1.165, 1.54) is 6.42 Å². The topological polar surface area (TPSA) is 29.5 Å². The number of morpholine rings is 1. The Morgan fingerprint density at radius 1 is 1.50 bits per heavy atom. The first kappa shape index (κ1) is 10.3. The van der Waals surface area contributed by atoms with Crippen molar-refractivity contribution < 1.29 is 9.53 Å². The molecule has 2 unspecified atom stereocenters. The summed E-state index contributed by atoms with van der Waals surface area (Å²) in [7, 11) is 0. The Bertz CT molecular complexity index is 222. The molecule has 3 nitrogen and oxygen atoms in total. The second-order valence-corrected chi connectivity index (χ2v) is 4.42. The van der Waals surface area contributed by atoms with Gasteiger partial charge in [-0.25, -0.2) is 0 Å². The molecule has 1 saturated carbocycles. The van der Waals surface area contributed by atoms with Crippen LogP contribution in [0.1, 0.15) is 25.7 Å². The third kappa shape index (κ3) is 1.91. The molecule has 0 N–H and O–H groups in total. The predicted molar refractivity (Wildman–Crippen MR) is 57.6 cm³/mol. The van der Waals surface area contributed by atoms with Crippen LogP contribution in [0.3, 0.4) is 0 Å². The summed E-state index contributed by atoms with van der Waals surface area (Å²) in [6.45, 7) is 1.48. The van der Waals surface area contributed by atoms with Gasteiger partial charge in [-0.05, 0) is 25.0 Å². The predicted octanol–water partition coefficient (Wildman–Crippen LogP) is 1.09. The fourth-order valence-electron chi connectivity index (χ4n) is 2.47. The molecule has 4 heteroatoms. The van der Waals surface area contributed by atoms with Crippen LogP contribution in [0.5, 0.6) is 0 Å². The van der Waals surface area contributed by atoms with Gasteiger partial charge in [0.2, 0.25) is 5.91 Å². The van der Waals surface area contributed by atoms with Gasteiger partial charge in [0.05, 0.1) is 18.8 Å². The van der Waals surface area contributed by atoms with E-state index in [9.17, 15) is 4.79 Å². The summed E-state index contributed by atoms with van der Waals surface area (Å²) in [5.41, 5.74) is 0. The molecule has 80 valence electrons. The maximum absolute atomic E-state index is 11.8. The molecule has 2 fully saturated rings. The van der Waals surface area contributed by atoms with E-state index >= 15 is 0 Å². The summed E-state index contributed by atoms with van der Waals surface area (Å²) in [6.07, 6.45) is 4.30. The van der Waals surface area contributed by atoms with Crippen LogP contribution in [0.15, 0.2) is 0 Å². The molecule has 0 aromatic carbocycles. The first-order valence-corrected chi connectivity index (χ1v) is 5.98. The van der Waals surface area contributed by atoms with Crippen LogP contribution >= 0.6 is 12.6 Å². The van der Waals surface area contributed by atoms with Gasteiger partial charge in [0.15, 0.2) is 0 Å². The number of ether oxygens (including phenoxy) is 1. The van der Waals surface area contributed by atoms with E-state index in [2.05, 4.69) is 12.6 Å². The minimum atomic E-state index is 0.250. The van der Waals surface area contributed by atoms with Crippen molar-refractivity contribution >= 4 is 18.5 Å². The van der Waals surface area contributed by atoms with Crippen molar-refractivity contribution in [3.63, 3.8) is 0 Å². The second kappa shape index (κ2) is 4.53. The van der Waals surface area contributed by atoms with Crippen molar-refractivity contribution in [3.05, 3.63) is 0 Å². The molecule has 1 aliphatic heterocycles. The van der Waals surface area contributed by atoms with Crippen LogP contribution in [-0.4, -0.2) is 41.9 Å². The van der Waals surface area contributed by atoms with Gasteiger partial charge < -0.3 is 9.64 Å². The van der Waals surface area contributed by atoms with E-state index in [1.54, 1.807) is 0 Å². The lowest BCUT2D eigenvalue weighted by Gasteiger charge is -2.37. The second-order valence-electron chi connectivity index (χ2n) is 3.97. The maximum atomic E-state index is 11.8. The lowest BCUT2D eigenvalue weighted by atomic mass is 10.1. The van der Waals surface area contributed by atoms with E-state index < -0.39 is 0 Å². The minimum absolute atomic E-state index is 0.250. The Balaban J connectivity index is 1.99. The van der Waals surface area contributed by atoms with E-state index in [0.717, 1.165) is 19.4 Å². The average molecular weight is 215 g/mol. The summed E-state index contributed by atoms with van der Waals surface area (Å²) in [5, 5.41) is 0. The first-order chi connectivity index (χ1) is 6.83. The lowest BCUT2D eigenvalue weighted by molar-refractivity contribution is -0.143. The van der Waals surface area contributed by atoms with E-state index in [0.29, 0.717) is 30.9 Å². The van der Waals surface area contributed by atoms with Crippen molar-refractivity contribution in [2.45, 2.75) is 37.8 Å². The van der Waals surface area contributed by atoms with Gasteiger partial charge in [-0.1, -0.05) is 0 Å². The summed E-state index contributed by atoms with van der Waals surface area (Å²) in [5.74, 6) is 0.897. The Kier molecular flexibility index (Phi) is 3.34. The molecule has 0 aromatic rings. The summed E-state index contributed by atoms with van der Waals surface area (Å²) in [6, 6.07) is 0.358. The third-order valence-corrected chi connectivity index (χ3v) is 3.35. The standard InChI is InChI=1S/C10H17NO2S/c12-10(4-7-14)11-5-6-13-9-3-1-2-8(9)11/h8-9,14H,1-7H2. The van der Waals surface area contributed by atoms with E-state index in [4.69, 9.17) is 4.74 Å². The fraction of sp³-hybridized carbons (Fsp3) is 0.900. The number of hydrogen-bond donors (Lipinski definition) is 1. The highest BCUT2D eigenvalue weighted by Crippen LogP contribution is 2.29. The summed E-state index contributed by atoms with van der Waals surface area (Å²) in [4.78, 5) is 13.8. The number of carbonyl (C=O) groups excluding carboxylic acids is 1. The zero-order chi connectivity index (χ0) is 9.97. The Morgan fingerprint density at radius 2 is 2.36 bits per heavy atom. The smallest absolute Gasteiger partial charge is 0.223 e. The van der Waals surface area contributed by atoms with Gasteiger partial charge >= 0.3 is 0 Å². The average Bonchev–Trinajstić information content (AvgIpc) is 2.65. The molecule has 0 aromatic heterocycles. The largest absolute Gasteiger partial charge is 0.374 e. The van der Waals surface area contributed by atoms with Gasteiger partial charge in [-0.3, -0.25) is 4.79 Å². The molecule has 2 rings (SSSR count). The van der Waals surface area contributed by atoms with E-state index in [1.807, 2.05) is 4.90 Å². The summed E-state index contributed by atoms with van der Waals surface area (Å²) < 4.78 is 5.65. The van der Waals surface area contributed by atoms with Crippen molar-refractivity contribution in [2.75, 3.05) is 18.9 Å². The SMILES string of the molecule is O=C(CCS)N1CCOC2CCCC21. The van der Waals surface area contributed by atoms with Gasteiger partial charge in [0, 0.05) is 13.0 Å². The fourth-order valence-corrected chi connectivity index (χ4v) is 2.67. The quantitative estimate of drug-likeness (QED) is 0.699. The molecule has 1 amide bonds. The molecule has 0 radical (unpaired) electrons. The number of hydrogen-bond acceptors (Lipinski definition) is 3. The first-order valence-electron chi connectivity index (χ1n) is 5.35.